The summed E-state index contributed by atoms with van der Waals surface area (Å²) in [6.45, 7) is 2.99. The van der Waals surface area contributed by atoms with Crippen molar-refractivity contribution in [1.29, 1.82) is 0 Å². The largest absolute Gasteiger partial charge is 0.390 e. The average Bonchev–Trinajstić information content (AvgIpc) is 2.78. The second-order valence-electron chi connectivity index (χ2n) is 4.49. The van der Waals surface area contributed by atoms with Crippen LogP contribution in [0.5, 0.6) is 0 Å². The fourth-order valence-electron chi connectivity index (χ4n) is 2.28. The van der Waals surface area contributed by atoms with E-state index < -0.39 is 0 Å². The lowest BCUT2D eigenvalue weighted by molar-refractivity contribution is -0.122. The maximum atomic E-state index is 10.9. The first-order chi connectivity index (χ1) is 7.74. The highest BCUT2D eigenvalue weighted by molar-refractivity contribution is 8.03. The Morgan fingerprint density at radius 3 is 3.12 bits per heavy atom. The number of thioether (sulfide) groups is 1. The molecule has 0 aromatic rings. The minimum Gasteiger partial charge on any atom is -0.390 e. The topological polar surface area (TPSA) is 52.6 Å². The van der Waals surface area contributed by atoms with Crippen LogP contribution in [0, 0.1) is 5.92 Å². The van der Waals surface area contributed by atoms with Crippen molar-refractivity contribution in [2.24, 2.45) is 5.92 Å². The predicted octanol–water partition coefficient (Wildman–Crippen LogP) is 0.740. The van der Waals surface area contributed by atoms with Gasteiger partial charge in [0.05, 0.1) is 12.0 Å². The van der Waals surface area contributed by atoms with Crippen molar-refractivity contribution in [3.05, 3.63) is 11.1 Å². The van der Waals surface area contributed by atoms with E-state index in [1.54, 1.807) is 11.8 Å². The van der Waals surface area contributed by atoms with Crippen molar-refractivity contribution < 1.29 is 9.90 Å². The molecule has 0 bridgehead atoms. The van der Waals surface area contributed by atoms with Gasteiger partial charge in [-0.15, -0.1) is 11.8 Å². The molecule has 1 saturated heterocycles. The molecule has 90 valence electrons. The van der Waals surface area contributed by atoms with Crippen molar-refractivity contribution in [2.75, 3.05) is 13.2 Å². The molecule has 1 amide bonds. The highest BCUT2D eigenvalue weighted by Gasteiger charge is 2.32. The van der Waals surface area contributed by atoms with Gasteiger partial charge in [0.15, 0.2) is 0 Å². The van der Waals surface area contributed by atoms with Gasteiger partial charge >= 0.3 is 0 Å². The fourth-order valence-corrected chi connectivity index (χ4v) is 3.39. The summed E-state index contributed by atoms with van der Waals surface area (Å²) in [4.78, 5) is 12.8. The van der Waals surface area contributed by atoms with Crippen LogP contribution in [-0.2, 0) is 4.79 Å². The molecule has 0 aromatic heterocycles. The maximum absolute atomic E-state index is 10.9. The summed E-state index contributed by atoms with van der Waals surface area (Å²) in [6.07, 6.45) is 3.16. The Labute approximate surface area is 100 Å². The highest BCUT2D eigenvalue weighted by atomic mass is 32.2. The average molecular weight is 242 g/mol. The van der Waals surface area contributed by atoms with Crippen LogP contribution in [0.2, 0.25) is 0 Å². The zero-order valence-corrected chi connectivity index (χ0v) is 10.2. The normalized spacial score (nSPS) is 34.5. The molecular formula is C11H18N2O2S. The van der Waals surface area contributed by atoms with E-state index in [-0.39, 0.29) is 6.61 Å². The second kappa shape index (κ2) is 5.10. The molecule has 0 aromatic carbocycles. The highest BCUT2D eigenvalue weighted by Crippen LogP contribution is 2.32. The van der Waals surface area contributed by atoms with Crippen molar-refractivity contribution in [1.82, 2.24) is 10.2 Å². The molecule has 0 spiro atoms. The van der Waals surface area contributed by atoms with Gasteiger partial charge in [0.25, 0.3) is 0 Å². The van der Waals surface area contributed by atoms with Gasteiger partial charge in [-0.2, -0.15) is 0 Å². The molecule has 0 aliphatic carbocycles. The van der Waals surface area contributed by atoms with Crippen LogP contribution in [0.25, 0.3) is 0 Å². The van der Waals surface area contributed by atoms with E-state index in [0.29, 0.717) is 17.3 Å². The standard InChI is InChI=1S/C11H18N2O2S/c1-8-2-3-9(4-13(8)7-15)11-12-10(5-14)6-16-11/h6-9,11-12,14H,2-5H2,1H3/t8-,9?,11?/m1/s1. The summed E-state index contributed by atoms with van der Waals surface area (Å²) in [5.41, 5.74) is 0.895. The molecule has 2 unspecified atom stereocenters. The molecule has 3 atom stereocenters. The molecule has 2 heterocycles. The number of nitrogens with zero attached hydrogens (tertiary/aromatic N) is 1. The molecule has 2 rings (SSSR count). The summed E-state index contributed by atoms with van der Waals surface area (Å²) in [5.74, 6) is 0.478. The van der Waals surface area contributed by atoms with Crippen LogP contribution in [0.4, 0.5) is 0 Å². The van der Waals surface area contributed by atoms with E-state index in [0.717, 1.165) is 31.5 Å². The number of nitrogens with one attached hydrogen (secondary N) is 1. The Bertz CT molecular complexity index is 296. The molecule has 0 radical (unpaired) electrons. The Hall–Kier alpha value is -0.680. The summed E-state index contributed by atoms with van der Waals surface area (Å²) in [5, 5.41) is 14.6. The van der Waals surface area contributed by atoms with Gasteiger partial charge in [-0.1, -0.05) is 0 Å². The van der Waals surface area contributed by atoms with Gasteiger partial charge in [0, 0.05) is 24.2 Å². The van der Waals surface area contributed by atoms with Crippen molar-refractivity contribution >= 4 is 18.2 Å². The minimum absolute atomic E-state index is 0.0734. The summed E-state index contributed by atoms with van der Waals surface area (Å²) in [7, 11) is 0. The smallest absolute Gasteiger partial charge is 0.209 e. The summed E-state index contributed by atoms with van der Waals surface area (Å²) >= 11 is 1.72. The second-order valence-corrected chi connectivity index (χ2v) is 5.51. The number of hydrogen-bond acceptors (Lipinski definition) is 4. The number of carbonyl (C=O) groups is 1. The molecule has 5 heteroatoms. The Morgan fingerprint density at radius 2 is 2.50 bits per heavy atom. The lowest BCUT2D eigenvalue weighted by atomic mass is 9.93. The van der Waals surface area contributed by atoms with Crippen LogP contribution in [-0.4, -0.2) is 41.0 Å². The Kier molecular flexibility index (Phi) is 3.76. The van der Waals surface area contributed by atoms with Gasteiger partial charge < -0.3 is 15.3 Å². The van der Waals surface area contributed by atoms with E-state index in [9.17, 15) is 4.79 Å². The van der Waals surface area contributed by atoms with Gasteiger partial charge in [-0.25, -0.2) is 0 Å². The van der Waals surface area contributed by atoms with Gasteiger partial charge in [-0.3, -0.25) is 4.79 Å². The predicted molar refractivity (Wildman–Crippen MR) is 64.6 cm³/mol. The summed E-state index contributed by atoms with van der Waals surface area (Å²) < 4.78 is 0. The lowest BCUT2D eigenvalue weighted by Gasteiger charge is -2.37. The van der Waals surface area contributed by atoms with Crippen LogP contribution in [0.15, 0.2) is 11.1 Å². The Balaban J connectivity index is 1.90. The SMILES string of the molecule is C[C@@H]1CCC(C2NC(CO)=CS2)CN1C=O. The number of aliphatic hydroxyl groups excluding tert-OH is 1. The van der Waals surface area contributed by atoms with E-state index in [1.807, 2.05) is 10.3 Å². The number of likely N-dealkylation sites (tertiary alicyclic amines) is 1. The molecule has 4 nitrogen and oxygen atoms in total. The molecular weight excluding hydrogens is 224 g/mol. The third-order valence-corrected chi connectivity index (χ3v) is 4.60. The monoisotopic (exact) mass is 242 g/mol. The minimum atomic E-state index is 0.0734. The van der Waals surface area contributed by atoms with Gasteiger partial charge in [0.2, 0.25) is 6.41 Å². The Morgan fingerprint density at radius 1 is 1.69 bits per heavy atom. The lowest BCUT2D eigenvalue weighted by Crippen LogP contribution is -2.46. The van der Waals surface area contributed by atoms with Crippen LogP contribution < -0.4 is 5.32 Å². The van der Waals surface area contributed by atoms with Crippen LogP contribution in [0.1, 0.15) is 19.8 Å². The van der Waals surface area contributed by atoms with Gasteiger partial charge in [-0.05, 0) is 25.2 Å². The van der Waals surface area contributed by atoms with Crippen molar-refractivity contribution in [3.8, 4) is 0 Å². The van der Waals surface area contributed by atoms with E-state index in [2.05, 4.69) is 12.2 Å². The number of rotatable bonds is 3. The van der Waals surface area contributed by atoms with Crippen LogP contribution >= 0.6 is 11.8 Å². The van der Waals surface area contributed by atoms with E-state index in [4.69, 9.17) is 5.11 Å². The number of hydrogen-bond donors (Lipinski definition) is 2. The molecule has 0 saturated carbocycles. The number of piperidine rings is 1. The number of aliphatic hydroxyl groups is 1. The zero-order chi connectivity index (χ0) is 11.5. The molecule has 1 fully saturated rings. The van der Waals surface area contributed by atoms with Crippen LogP contribution in [0.3, 0.4) is 0 Å². The molecule has 2 N–H and O–H groups in total. The molecule has 2 aliphatic rings. The van der Waals surface area contributed by atoms with Gasteiger partial charge in [0.1, 0.15) is 0 Å². The zero-order valence-electron chi connectivity index (χ0n) is 9.43. The van der Waals surface area contributed by atoms with Crippen molar-refractivity contribution in [3.63, 3.8) is 0 Å². The summed E-state index contributed by atoms with van der Waals surface area (Å²) in [6, 6.07) is 0.366. The molecule has 16 heavy (non-hydrogen) atoms. The third kappa shape index (κ3) is 2.35. The first-order valence-electron chi connectivity index (χ1n) is 5.67. The maximum Gasteiger partial charge on any atom is 0.209 e. The quantitative estimate of drug-likeness (QED) is 0.717. The third-order valence-electron chi connectivity index (χ3n) is 3.39. The van der Waals surface area contributed by atoms with Crippen molar-refractivity contribution in [2.45, 2.75) is 31.2 Å². The number of amides is 1. The van der Waals surface area contributed by atoms with E-state index in [1.165, 1.54) is 0 Å². The first kappa shape index (κ1) is 11.8. The number of carbonyl (C=O) groups excluding carboxylic acids is 1. The van der Waals surface area contributed by atoms with E-state index >= 15 is 0 Å². The first-order valence-corrected chi connectivity index (χ1v) is 6.62. The fraction of sp³-hybridized carbons (Fsp3) is 0.727. The molecule has 2 aliphatic heterocycles.